The predicted molar refractivity (Wildman–Crippen MR) is 87.3 cm³/mol. The molecule has 0 radical (unpaired) electrons. The van der Waals surface area contributed by atoms with Crippen LogP contribution in [0.15, 0.2) is 54.6 Å². The van der Waals surface area contributed by atoms with Crippen LogP contribution >= 0.6 is 23.4 Å². The van der Waals surface area contributed by atoms with Gasteiger partial charge < -0.3 is 5.32 Å². The van der Waals surface area contributed by atoms with E-state index in [1.165, 1.54) is 5.56 Å². The second kappa shape index (κ2) is 7.36. The Hall–Kier alpha value is -1.45. The zero-order valence-electron chi connectivity index (χ0n) is 11.2. The fraction of sp³-hybridized carbons (Fsp3) is 0.188. The Balaban J connectivity index is 1.88. The monoisotopic (exact) mass is 305 g/mol. The number of hydrogen-bond acceptors (Lipinski definition) is 2. The summed E-state index contributed by atoms with van der Waals surface area (Å²) in [5.41, 5.74) is 1.88. The topological polar surface area (TPSA) is 29.1 Å². The Morgan fingerprint density at radius 2 is 1.80 bits per heavy atom. The molecule has 0 aromatic heterocycles. The van der Waals surface area contributed by atoms with Crippen molar-refractivity contribution in [3.63, 3.8) is 0 Å². The molecule has 0 aliphatic carbocycles. The fourth-order valence-corrected chi connectivity index (χ4v) is 2.70. The van der Waals surface area contributed by atoms with Gasteiger partial charge in [0, 0.05) is 5.75 Å². The summed E-state index contributed by atoms with van der Waals surface area (Å²) in [6.07, 6.45) is 0. The number of hydrogen-bond donors (Lipinski definition) is 1. The minimum atomic E-state index is -0.133. The summed E-state index contributed by atoms with van der Waals surface area (Å²) in [5.74, 6) is 0.789. The molecule has 104 valence electrons. The highest BCUT2D eigenvalue weighted by Crippen LogP contribution is 2.23. The van der Waals surface area contributed by atoms with Crippen molar-refractivity contribution in [1.29, 1.82) is 0 Å². The SMILES string of the molecule is CC(SCc1ccccc1)C(=O)Nc1ccccc1Cl. The molecule has 0 saturated heterocycles. The lowest BCUT2D eigenvalue weighted by atomic mass is 10.2. The quantitative estimate of drug-likeness (QED) is 0.874. The van der Waals surface area contributed by atoms with Gasteiger partial charge in [0.15, 0.2) is 0 Å². The molecule has 1 amide bonds. The number of thioether (sulfide) groups is 1. The maximum Gasteiger partial charge on any atom is 0.237 e. The van der Waals surface area contributed by atoms with Crippen molar-refractivity contribution in [1.82, 2.24) is 0 Å². The summed E-state index contributed by atoms with van der Waals surface area (Å²) in [6.45, 7) is 1.90. The van der Waals surface area contributed by atoms with Gasteiger partial charge in [-0.15, -0.1) is 11.8 Å². The normalized spacial score (nSPS) is 11.9. The number of rotatable bonds is 5. The first-order valence-corrected chi connectivity index (χ1v) is 7.80. The zero-order chi connectivity index (χ0) is 14.4. The van der Waals surface area contributed by atoms with Crippen molar-refractivity contribution in [3.8, 4) is 0 Å². The van der Waals surface area contributed by atoms with Crippen LogP contribution in [-0.2, 0) is 10.5 Å². The molecule has 1 N–H and O–H groups in total. The maximum absolute atomic E-state index is 12.1. The molecular weight excluding hydrogens is 290 g/mol. The van der Waals surface area contributed by atoms with E-state index in [0.29, 0.717) is 10.7 Å². The van der Waals surface area contributed by atoms with Gasteiger partial charge in [0.05, 0.1) is 16.0 Å². The number of nitrogens with one attached hydrogen (secondary N) is 1. The van der Waals surface area contributed by atoms with Crippen LogP contribution in [0.4, 0.5) is 5.69 Å². The molecule has 0 heterocycles. The van der Waals surface area contributed by atoms with E-state index in [-0.39, 0.29) is 11.2 Å². The van der Waals surface area contributed by atoms with E-state index in [2.05, 4.69) is 17.4 Å². The van der Waals surface area contributed by atoms with Crippen LogP contribution in [0.5, 0.6) is 0 Å². The van der Waals surface area contributed by atoms with E-state index >= 15 is 0 Å². The molecular formula is C16H16ClNOS. The average molecular weight is 306 g/mol. The third-order valence-corrected chi connectivity index (χ3v) is 4.39. The molecule has 1 atom stereocenters. The highest BCUT2D eigenvalue weighted by atomic mass is 35.5. The first-order chi connectivity index (χ1) is 9.66. The fourth-order valence-electron chi connectivity index (χ4n) is 1.67. The zero-order valence-corrected chi connectivity index (χ0v) is 12.7. The molecule has 2 aromatic rings. The highest BCUT2D eigenvalue weighted by Gasteiger charge is 2.14. The molecule has 0 spiro atoms. The number of benzene rings is 2. The first-order valence-electron chi connectivity index (χ1n) is 6.38. The van der Waals surface area contributed by atoms with Crippen molar-refractivity contribution in [2.24, 2.45) is 0 Å². The van der Waals surface area contributed by atoms with E-state index in [4.69, 9.17) is 11.6 Å². The van der Waals surface area contributed by atoms with Crippen LogP contribution in [-0.4, -0.2) is 11.2 Å². The maximum atomic E-state index is 12.1. The van der Waals surface area contributed by atoms with Crippen molar-refractivity contribution >= 4 is 35.0 Å². The molecule has 4 heteroatoms. The predicted octanol–water partition coefficient (Wildman–Crippen LogP) is 4.60. The molecule has 2 aromatic carbocycles. The number of para-hydroxylation sites is 1. The van der Waals surface area contributed by atoms with Crippen LogP contribution in [0.2, 0.25) is 5.02 Å². The molecule has 1 unspecified atom stereocenters. The smallest absolute Gasteiger partial charge is 0.237 e. The van der Waals surface area contributed by atoms with Gasteiger partial charge in [0.2, 0.25) is 5.91 Å². The number of carbonyl (C=O) groups excluding carboxylic acids is 1. The largest absolute Gasteiger partial charge is 0.324 e. The molecule has 0 fully saturated rings. The third kappa shape index (κ3) is 4.29. The van der Waals surface area contributed by atoms with Gasteiger partial charge in [-0.1, -0.05) is 54.1 Å². The summed E-state index contributed by atoms with van der Waals surface area (Å²) in [6, 6.07) is 17.4. The van der Waals surface area contributed by atoms with Crippen LogP contribution in [0.25, 0.3) is 0 Å². The van der Waals surface area contributed by atoms with E-state index in [1.807, 2.05) is 37.3 Å². The molecule has 20 heavy (non-hydrogen) atoms. The van der Waals surface area contributed by atoms with Gasteiger partial charge in [0.25, 0.3) is 0 Å². The van der Waals surface area contributed by atoms with Gasteiger partial charge in [0.1, 0.15) is 0 Å². The Morgan fingerprint density at radius 3 is 2.50 bits per heavy atom. The Bertz CT molecular complexity index is 574. The molecule has 0 aliphatic heterocycles. The van der Waals surface area contributed by atoms with Crippen molar-refractivity contribution < 1.29 is 4.79 Å². The second-order valence-electron chi connectivity index (χ2n) is 4.41. The number of anilines is 1. The van der Waals surface area contributed by atoms with E-state index in [1.54, 1.807) is 23.9 Å². The molecule has 0 saturated carbocycles. The second-order valence-corrected chi connectivity index (χ2v) is 6.14. The summed E-state index contributed by atoms with van der Waals surface area (Å²) in [5, 5.41) is 3.28. The van der Waals surface area contributed by atoms with Crippen molar-refractivity contribution in [3.05, 3.63) is 65.2 Å². The summed E-state index contributed by atoms with van der Waals surface area (Å²) < 4.78 is 0. The van der Waals surface area contributed by atoms with Crippen LogP contribution in [0, 0.1) is 0 Å². The third-order valence-electron chi connectivity index (χ3n) is 2.84. The minimum absolute atomic E-state index is 0.0287. The lowest BCUT2D eigenvalue weighted by molar-refractivity contribution is -0.115. The lowest BCUT2D eigenvalue weighted by Crippen LogP contribution is -2.22. The number of halogens is 1. The van der Waals surface area contributed by atoms with Gasteiger partial charge in [-0.3, -0.25) is 4.79 Å². The Labute approximate surface area is 128 Å². The average Bonchev–Trinajstić information content (AvgIpc) is 2.48. The summed E-state index contributed by atoms with van der Waals surface area (Å²) in [4.78, 5) is 12.1. The van der Waals surface area contributed by atoms with Crippen LogP contribution < -0.4 is 5.32 Å². The van der Waals surface area contributed by atoms with Gasteiger partial charge in [-0.2, -0.15) is 0 Å². The van der Waals surface area contributed by atoms with Gasteiger partial charge in [-0.05, 0) is 24.6 Å². The lowest BCUT2D eigenvalue weighted by Gasteiger charge is -2.12. The van der Waals surface area contributed by atoms with Crippen LogP contribution in [0.1, 0.15) is 12.5 Å². The summed E-state index contributed by atoms with van der Waals surface area (Å²) >= 11 is 7.63. The van der Waals surface area contributed by atoms with Gasteiger partial charge >= 0.3 is 0 Å². The molecule has 2 rings (SSSR count). The first kappa shape index (κ1) is 14.9. The van der Waals surface area contributed by atoms with Gasteiger partial charge in [-0.25, -0.2) is 0 Å². The molecule has 0 aliphatic rings. The Morgan fingerprint density at radius 1 is 1.15 bits per heavy atom. The highest BCUT2D eigenvalue weighted by molar-refractivity contribution is 7.99. The standard InChI is InChI=1S/C16H16ClNOS/c1-12(20-11-13-7-3-2-4-8-13)16(19)18-15-10-6-5-9-14(15)17/h2-10,12H,11H2,1H3,(H,18,19). The summed E-state index contributed by atoms with van der Waals surface area (Å²) in [7, 11) is 0. The van der Waals surface area contributed by atoms with Crippen LogP contribution in [0.3, 0.4) is 0 Å². The van der Waals surface area contributed by atoms with Crippen molar-refractivity contribution in [2.45, 2.75) is 17.9 Å². The Kier molecular flexibility index (Phi) is 5.50. The van der Waals surface area contributed by atoms with E-state index < -0.39 is 0 Å². The van der Waals surface area contributed by atoms with Crippen molar-refractivity contribution in [2.75, 3.05) is 5.32 Å². The van der Waals surface area contributed by atoms with E-state index in [0.717, 1.165) is 5.75 Å². The van der Waals surface area contributed by atoms with E-state index in [9.17, 15) is 4.79 Å². The number of amides is 1. The minimum Gasteiger partial charge on any atom is -0.324 e. The number of carbonyl (C=O) groups is 1. The molecule has 0 bridgehead atoms. The molecule has 2 nitrogen and oxygen atoms in total.